The Hall–Kier alpha value is -4.39. The lowest BCUT2D eigenvalue weighted by Crippen LogP contribution is -2.29. The maximum atomic E-state index is 13.2. The van der Waals surface area contributed by atoms with Crippen LogP contribution in [0, 0.1) is 6.92 Å². The molecule has 0 bridgehead atoms. The van der Waals surface area contributed by atoms with Gasteiger partial charge in [0.05, 0.1) is 23.8 Å². The summed E-state index contributed by atoms with van der Waals surface area (Å²) in [7, 11) is 0. The fourth-order valence-corrected chi connectivity index (χ4v) is 3.91. The van der Waals surface area contributed by atoms with Gasteiger partial charge in [-0.2, -0.15) is 0 Å². The van der Waals surface area contributed by atoms with Gasteiger partial charge < -0.3 is 14.9 Å². The van der Waals surface area contributed by atoms with E-state index in [9.17, 15) is 24.6 Å². The quantitative estimate of drug-likeness (QED) is 0.253. The molecule has 1 fully saturated rings. The lowest BCUT2D eigenvalue weighted by Gasteiger charge is -2.25. The molecule has 2 N–H and O–H groups in total. The van der Waals surface area contributed by atoms with Crippen LogP contribution in [0.15, 0.2) is 78.4 Å². The number of hydrogen-bond donors (Lipinski definition) is 2. The molecule has 3 aromatic rings. The number of carbonyl (C=O) groups is 3. The van der Waals surface area contributed by atoms with Crippen molar-refractivity contribution in [1.82, 2.24) is 0 Å². The molecule has 1 saturated heterocycles. The molecule has 0 radical (unpaired) electrons. The minimum absolute atomic E-state index is 0.0259. The number of benzene rings is 3. The third-order valence-corrected chi connectivity index (χ3v) is 5.63. The van der Waals surface area contributed by atoms with Crippen molar-refractivity contribution in [3.05, 3.63) is 101 Å². The van der Waals surface area contributed by atoms with E-state index >= 15 is 0 Å². The van der Waals surface area contributed by atoms with Crippen LogP contribution in [0.5, 0.6) is 5.75 Å². The summed E-state index contributed by atoms with van der Waals surface area (Å²) >= 11 is 0. The molecule has 0 spiro atoms. The number of phenols is 1. The van der Waals surface area contributed by atoms with Crippen molar-refractivity contribution in [3.63, 3.8) is 0 Å². The average molecular weight is 457 g/mol. The van der Waals surface area contributed by atoms with Gasteiger partial charge in [0, 0.05) is 11.3 Å². The van der Waals surface area contributed by atoms with Crippen LogP contribution in [0.1, 0.15) is 40.0 Å². The number of amides is 1. The summed E-state index contributed by atoms with van der Waals surface area (Å²) < 4.78 is 5.00. The Labute approximate surface area is 196 Å². The standard InChI is InChI=1S/C27H23NO6/c1-3-34-27(33)19-8-12-20(13-9-19)28-23(17-10-14-21(29)15-11-17)22(25(31)26(28)32)24(30)18-6-4-16(2)5-7-18/h4-15,23,29-30H,3H2,1-2H3/b24-22+. The van der Waals surface area contributed by atoms with Crippen molar-refractivity contribution in [2.45, 2.75) is 19.9 Å². The zero-order chi connectivity index (χ0) is 24.4. The number of esters is 1. The molecule has 1 aliphatic rings. The molecule has 0 aliphatic carbocycles. The van der Waals surface area contributed by atoms with Crippen LogP contribution in [0.25, 0.3) is 5.76 Å². The fraction of sp³-hybridized carbons (Fsp3) is 0.148. The molecule has 34 heavy (non-hydrogen) atoms. The van der Waals surface area contributed by atoms with E-state index in [4.69, 9.17) is 4.74 Å². The number of nitrogens with zero attached hydrogens (tertiary/aromatic N) is 1. The van der Waals surface area contributed by atoms with E-state index in [1.807, 2.05) is 6.92 Å². The molecule has 4 rings (SSSR count). The van der Waals surface area contributed by atoms with Gasteiger partial charge in [-0.25, -0.2) is 4.79 Å². The van der Waals surface area contributed by atoms with Crippen LogP contribution in [0.3, 0.4) is 0 Å². The maximum Gasteiger partial charge on any atom is 0.338 e. The number of phenolic OH excluding ortho intramolecular Hbond substituents is 1. The van der Waals surface area contributed by atoms with Crippen molar-refractivity contribution in [3.8, 4) is 5.75 Å². The monoisotopic (exact) mass is 457 g/mol. The van der Waals surface area contributed by atoms with Crippen molar-refractivity contribution in [2.24, 2.45) is 0 Å². The molecule has 1 amide bonds. The normalized spacial score (nSPS) is 17.1. The summed E-state index contributed by atoms with van der Waals surface area (Å²) in [6.45, 7) is 3.84. The summed E-state index contributed by atoms with van der Waals surface area (Å²) in [5.74, 6) is -2.40. The summed E-state index contributed by atoms with van der Waals surface area (Å²) in [5.41, 5.74) is 2.53. The Kier molecular flexibility index (Phi) is 6.19. The second kappa shape index (κ2) is 9.23. The summed E-state index contributed by atoms with van der Waals surface area (Å²) in [4.78, 5) is 39.6. The van der Waals surface area contributed by atoms with Gasteiger partial charge in [0.1, 0.15) is 11.5 Å². The topological polar surface area (TPSA) is 104 Å². The van der Waals surface area contributed by atoms with E-state index in [1.165, 1.54) is 29.2 Å². The molecule has 1 unspecified atom stereocenters. The number of Topliss-reactive ketones (excluding diaryl/α,β-unsaturated/α-hetero) is 1. The smallest absolute Gasteiger partial charge is 0.338 e. The van der Waals surface area contributed by atoms with E-state index in [1.54, 1.807) is 55.5 Å². The van der Waals surface area contributed by atoms with Gasteiger partial charge in [-0.05, 0) is 55.8 Å². The number of hydrogen-bond acceptors (Lipinski definition) is 6. The van der Waals surface area contributed by atoms with Crippen LogP contribution in [0.4, 0.5) is 5.69 Å². The van der Waals surface area contributed by atoms with Crippen molar-refractivity contribution in [2.75, 3.05) is 11.5 Å². The van der Waals surface area contributed by atoms with Crippen LogP contribution >= 0.6 is 0 Å². The number of aliphatic hydroxyl groups is 1. The van der Waals surface area contributed by atoms with E-state index in [0.717, 1.165) is 5.56 Å². The van der Waals surface area contributed by atoms with Gasteiger partial charge in [-0.15, -0.1) is 0 Å². The Morgan fingerprint density at radius 2 is 1.50 bits per heavy atom. The fourth-order valence-electron chi connectivity index (χ4n) is 3.91. The molecule has 0 aromatic heterocycles. The molecule has 1 heterocycles. The predicted octanol–water partition coefficient (Wildman–Crippen LogP) is 4.50. The SMILES string of the molecule is CCOC(=O)c1ccc(N2C(=O)C(=O)/C(=C(/O)c3ccc(C)cc3)C2c2ccc(O)cc2)cc1. The number of ketones is 1. The summed E-state index contributed by atoms with van der Waals surface area (Å²) in [6, 6.07) is 18.2. The van der Waals surface area contributed by atoms with Crippen LogP contribution in [0.2, 0.25) is 0 Å². The number of aryl methyl sites for hydroxylation is 1. The number of aliphatic hydroxyl groups excluding tert-OH is 1. The molecule has 7 nitrogen and oxygen atoms in total. The first kappa shape index (κ1) is 22.8. The number of rotatable bonds is 5. The number of ether oxygens (including phenoxy) is 1. The van der Waals surface area contributed by atoms with Gasteiger partial charge in [-0.1, -0.05) is 42.0 Å². The minimum Gasteiger partial charge on any atom is -0.508 e. The first-order chi connectivity index (χ1) is 16.3. The molecule has 1 aliphatic heterocycles. The van der Waals surface area contributed by atoms with E-state index in [0.29, 0.717) is 22.4 Å². The molecular weight excluding hydrogens is 434 g/mol. The Morgan fingerprint density at radius 3 is 2.09 bits per heavy atom. The minimum atomic E-state index is -0.935. The van der Waals surface area contributed by atoms with E-state index in [-0.39, 0.29) is 23.7 Å². The molecular formula is C27H23NO6. The zero-order valence-electron chi connectivity index (χ0n) is 18.7. The highest BCUT2D eigenvalue weighted by molar-refractivity contribution is 6.51. The third-order valence-electron chi connectivity index (χ3n) is 5.63. The van der Waals surface area contributed by atoms with Gasteiger partial charge >= 0.3 is 5.97 Å². The van der Waals surface area contributed by atoms with Gasteiger partial charge in [0.2, 0.25) is 0 Å². The lowest BCUT2D eigenvalue weighted by atomic mass is 9.95. The van der Waals surface area contributed by atoms with Gasteiger partial charge in [0.15, 0.2) is 0 Å². The van der Waals surface area contributed by atoms with Crippen molar-refractivity contribution >= 4 is 29.1 Å². The zero-order valence-corrected chi connectivity index (χ0v) is 18.7. The first-order valence-electron chi connectivity index (χ1n) is 10.8. The predicted molar refractivity (Wildman–Crippen MR) is 126 cm³/mol. The average Bonchev–Trinajstić information content (AvgIpc) is 3.10. The van der Waals surface area contributed by atoms with Crippen molar-refractivity contribution in [1.29, 1.82) is 0 Å². The lowest BCUT2D eigenvalue weighted by molar-refractivity contribution is -0.132. The molecule has 1 atom stereocenters. The van der Waals surface area contributed by atoms with E-state index < -0.39 is 23.7 Å². The highest BCUT2D eigenvalue weighted by Gasteiger charge is 2.47. The Bertz CT molecular complexity index is 1270. The molecule has 0 saturated carbocycles. The second-order valence-corrected chi connectivity index (χ2v) is 7.89. The summed E-state index contributed by atoms with van der Waals surface area (Å²) in [5, 5.41) is 20.8. The number of aromatic hydroxyl groups is 1. The van der Waals surface area contributed by atoms with Crippen LogP contribution in [-0.4, -0.2) is 34.5 Å². The first-order valence-corrected chi connectivity index (χ1v) is 10.8. The number of anilines is 1. The molecule has 172 valence electrons. The van der Waals surface area contributed by atoms with Crippen LogP contribution < -0.4 is 4.90 Å². The summed E-state index contributed by atoms with van der Waals surface area (Å²) in [6.07, 6.45) is 0. The van der Waals surface area contributed by atoms with E-state index in [2.05, 4.69) is 0 Å². The second-order valence-electron chi connectivity index (χ2n) is 7.89. The Morgan fingerprint density at radius 1 is 0.912 bits per heavy atom. The largest absolute Gasteiger partial charge is 0.508 e. The molecule has 3 aromatic carbocycles. The molecule has 7 heteroatoms. The highest BCUT2D eigenvalue weighted by Crippen LogP contribution is 2.42. The van der Waals surface area contributed by atoms with Gasteiger partial charge in [0.25, 0.3) is 11.7 Å². The highest BCUT2D eigenvalue weighted by atomic mass is 16.5. The van der Waals surface area contributed by atoms with Gasteiger partial charge in [-0.3, -0.25) is 14.5 Å². The van der Waals surface area contributed by atoms with Crippen molar-refractivity contribution < 1.29 is 29.3 Å². The Balaban J connectivity index is 1.85. The van der Waals surface area contributed by atoms with Crippen LogP contribution in [-0.2, 0) is 14.3 Å². The maximum absolute atomic E-state index is 13.2. The number of carbonyl (C=O) groups excluding carboxylic acids is 3. The third kappa shape index (κ3) is 4.15.